The van der Waals surface area contributed by atoms with Crippen LogP contribution >= 0.6 is 0 Å². The molecule has 1 aromatic heterocycles. The van der Waals surface area contributed by atoms with Crippen molar-refractivity contribution in [2.75, 3.05) is 5.32 Å². The smallest absolute Gasteiger partial charge is 0.290 e. The van der Waals surface area contributed by atoms with E-state index >= 15 is 0 Å². The number of nitrogens with one attached hydrogen (secondary N) is 2. The molecule has 1 aromatic carbocycles. The summed E-state index contributed by atoms with van der Waals surface area (Å²) in [7, 11) is 0. The molecule has 104 valence electrons. The molecule has 0 spiro atoms. The van der Waals surface area contributed by atoms with Crippen molar-refractivity contribution >= 4 is 11.9 Å². The first-order valence-corrected chi connectivity index (χ1v) is 6.58. The molecule has 0 unspecified atom stereocenters. The lowest BCUT2D eigenvalue weighted by molar-refractivity contribution is -0.506. The number of aryl methyl sites for hydroxylation is 2. The second-order valence-corrected chi connectivity index (χ2v) is 4.79. The molecule has 5 heteroatoms. The lowest BCUT2D eigenvalue weighted by Crippen LogP contribution is -2.77. The Morgan fingerprint density at radius 2 is 1.75 bits per heavy atom. The highest BCUT2D eigenvalue weighted by Gasteiger charge is 2.09. The van der Waals surface area contributed by atoms with E-state index in [4.69, 9.17) is 5.73 Å². The number of anilines is 1. The van der Waals surface area contributed by atoms with Crippen LogP contribution in [0.3, 0.4) is 0 Å². The number of aromatic nitrogens is 2. The zero-order chi connectivity index (χ0) is 14.5. The minimum absolute atomic E-state index is 0.106. The van der Waals surface area contributed by atoms with E-state index in [9.17, 15) is 0 Å². The summed E-state index contributed by atoms with van der Waals surface area (Å²) in [6.45, 7) is 5.90. The van der Waals surface area contributed by atoms with Crippen LogP contribution in [0.4, 0.5) is 5.95 Å². The molecule has 20 heavy (non-hydrogen) atoms. The number of nitrogens with two attached hydrogens (primary N) is 1. The number of hydrogen-bond donors (Lipinski definition) is 3. The lowest BCUT2D eigenvalue weighted by atomic mass is 10.1. The fourth-order valence-corrected chi connectivity index (χ4v) is 2.00. The van der Waals surface area contributed by atoms with Crippen molar-refractivity contribution in [2.24, 2.45) is 5.73 Å². The molecule has 5 nitrogen and oxygen atoms in total. The molecule has 2 aromatic rings. The number of nitrogens with zero attached hydrogens (tertiary/aromatic N) is 2. The van der Waals surface area contributed by atoms with Gasteiger partial charge in [0, 0.05) is 11.4 Å². The minimum atomic E-state index is 0.106. The number of guanidine groups is 1. The van der Waals surface area contributed by atoms with E-state index in [-0.39, 0.29) is 6.04 Å². The fraction of sp³-hybridized carbons (Fsp3) is 0.267. The Hall–Kier alpha value is -2.43. The van der Waals surface area contributed by atoms with Gasteiger partial charge < -0.3 is 0 Å². The van der Waals surface area contributed by atoms with E-state index in [0.29, 0.717) is 11.9 Å². The van der Waals surface area contributed by atoms with E-state index in [0.717, 1.165) is 11.4 Å². The average molecular weight is 270 g/mol. The maximum atomic E-state index is 5.96. The quantitative estimate of drug-likeness (QED) is 0.565. The molecule has 0 aliphatic rings. The average Bonchev–Trinajstić information content (AvgIpc) is 2.38. The molecule has 1 atom stereocenters. The SMILES string of the molecule is Cc1cc(C)nc(NC(N)=[NH+][C@@H](C)c2ccccc2)n1. The molecular weight excluding hydrogens is 250 g/mol. The Morgan fingerprint density at radius 1 is 1.15 bits per heavy atom. The number of benzene rings is 1. The molecule has 0 saturated heterocycles. The van der Waals surface area contributed by atoms with Crippen molar-refractivity contribution in [3.63, 3.8) is 0 Å². The molecule has 0 bridgehead atoms. The zero-order valence-electron chi connectivity index (χ0n) is 12.0. The van der Waals surface area contributed by atoms with E-state index in [1.807, 2.05) is 45.0 Å². The van der Waals surface area contributed by atoms with Crippen LogP contribution in [0.2, 0.25) is 0 Å². The maximum absolute atomic E-state index is 5.96. The highest BCUT2D eigenvalue weighted by molar-refractivity contribution is 5.85. The molecule has 0 aliphatic heterocycles. The van der Waals surface area contributed by atoms with Crippen molar-refractivity contribution in [3.8, 4) is 0 Å². The van der Waals surface area contributed by atoms with Crippen LogP contribution in [0.15, 0.2) is 36.4 Å². The second kappa shape index (κ2) is 6.14. The molecule has 0 radical (unpaired) electrons. The van der Waals surface area contributed by atoms with Crippen LogP contribution < -0.4 is 16.0 Å². The van der Waals surface area contributed by atoms with Gasteiger partial charge in [-0.3, -0.25) is 10.7 Å². The van der Waals surface area contributed by atoms with Gasteiger partial charge in [-0.05, 0) is 32.4 Å². The predicted molar refractivity (Wildman–Crippen MR) is 80.1 cm³/mol. The molecular formula is C15H20N5+. The highest BCUT2D eigenvalue weighted by Crippen LogP contribution is 2.06. The summed E-state index contributed by atoms with van der Waals surface area (Å²) in [5, 5.41) is 2.99. The van der Waals surface area contributed by atoms with Gasteiger partial charge in [0.25, 0.3) is 5.95 Å². The first kappa shape index (κ1) is 14.0. The summed E-state index contributed by atoms with van der Waals surface area (Å²) in [4.78, 5) is 11.8. The zero-order valence-corrected chi connectivity index (χ0v) is 12.0. The molecule has 0 amide bonds. The summed E-state index contributed by atoms with van der Waals surface area (Å²) in [6, 6.07) is 12.1. The van der Waals surface area contributed by atoms with Gasteiger partial charge in [-0.25, -0.2) is 15.3 Å². The molecule has 2 rings (SSSR count). The van der Waals surface area contributed by atoms with Crippen LogP contribution in [-0.2, 0) is 0 Å². The summed E-state index contributed by atoms with van der Waals surface area (Å²) in [6.07, 6.45) is 0. The normalized spacial score (nSPS) is 13.1. The van der Waals surface area contributed by atoms with Crippen LogP contribution in [0.25, 0.3) is 0 Å². The number of hydrogen-bond acceptors (Lipinski definition) is 2. The third-order valence-electron chi connectivity index (χ3n) is 2.90. The van der Waals surface area contributed by atoms with Crippen molar-refractivity contribution < 1.29 is 4.99 Å². The van der Waals surface area contributed by atoms with E-state index in [1.54, 1.807) is 0 Å². The van der Waals surface area contributed by atoms with Gasteiger partial charge in [0.05, 0.1) is 6.04 Å². The largest absolute Gasteiger partial charge is 0.349 e. The summed E-state index contributed by atoms with van der Waals surface area (Å²) < 4.78 is 0. The summed E-state index contributed by atoms with van der Waals surface area (Å²) >= 11 is 0. The van der Waals surface area contributed by atoms with Crippen LogP contribution in [-0.4, -0.2) is 15.9 Å². The van der Waals surface area contributed by atoms with Crippen molar-refractivity contribution in [2.45, 2.75) is 26.8 Å². The first-order valence-electron chi connectivity index (χ1n) is 6.58. The maximum Gasteiger partial charge on any atom is 0.349 e. The summed E-state index contributed by atoms with van der Waals surface area (Å²) in [5.41, 5.74) is 8.94. The third-order valence-corrected chi connectivity index (χ3v) is 2.90. The number of rotatable bonds is 3. The lowest BCUT2D eigenvalue weighted by Gasteiger charge is -2.06. The topological polar surface area (TPSA) is 77.8 Å². The van der Waals surface area contributed by atoms with Crippen molar-refractivity contribution in [3.05, 3.63) is 53.3 Å². The molecule has 0 fully saturated rings. The van der Waals surface area contributed by atoms with Crippen LogP contribution in [0.5, 0.6) is 0 Å². The Balaban J connectivity index is 2.11. The van der Waals surface area contributed by atoms with Gasteiger partial charge in [0.2, 0.25) is 0 Å². The Kier molecular flexibility index (Phi) is 4.30. The molecule has 1 heterocycles. The van der Waals surface area contributed by atoms with Crippen LogP contribution in [0, 0.1) is 13.8 Å². The van der Waals surface area contributed by atoms with Crippen molar-refractivity contribution in [1.82, 2.24) is 9.97 Å². The first-order chi connectivity index (χ1) is 9.54. The predicted octanol–water partition coefficient (Wildman–Crippen LogP) is 0.662. The molecule has 0 aliphatic carbocycles. The van der Waals surface area contributed by atoms with E-state index < -0.39 is 0 Å². The Labute approximate surface area is 119 Å². The molecule has 0 saturated carbocycles. The Bertz CT molecular complexity index is 587. The van der Waals surface area contributed by atoms with E-state index in [1.165, 1.54) is 5.56 Å². The monoisotopic (exact) mass is 270 g/mol. The third kappa shape index (κ3) is 3.78. The summed E-state index contributed by atoms with van der Waals surface area (Å²) in [5.74, 6) is 0.944. The van der Waals surface area contributed by atoms with Crippen LogP contribution in [0.1, 0.15) is 29.9 Å². The van der Waals surface area contributed by atoms with Crippen molar-refractivity contribution in [1.29, 1.82) is 0 Å². The second-order valence-electron chi connectivity index (χ2n) is 4.79. The van der Waals surface area contributed by atoms with Gasteiger partial charge in [0.1, 0.15) is 0 Å². The standard InChI is InChI=1S/C15H19N5/c1-10-9-11(2)18-15(17-10)20-14(16)19-12(3)13-7-5-4-6-8-13/h4-9,12H,1-3H3,(H3,16,17,18,19,20)/p+1/t12-/m0/s1. The van der Waals surface area contributed by atoms with Gasteiger partial charge >= 0.3 is 5.96 Å². The van der Waals surface area contributed by atoms with E-state index in [2.05, 4.69) is 32.4 Å². The highest BCUT2D eigenvalue weighted by atomic mass is 15.2. The van der Waals surface area contributed by atoms with Gasteiger partial charge in [-0.15, -0.1) is 0 Å². The van der Waals surface area contributed by atoms with Gasteiger partial charge in [0.15, 0.2) is 0 Å². The van der Waals surface area contributed by atoms with Gasteiger partial charge in [-0.1, -0.05) is 30.3 Å². The van der Waals surface area contributed by atoms with Gasteiger partial charge in [-0.2, -0.15) is 0 Å². The molecule has 4 N–H and O–H groups in total. The minimum Gasteiger partial charge on any atom is -0.290 e. The Morgan fingerprint density at radius 3 is 2.35 bits per heavy atom. The fourth-order valence-electron chi connectivity index (χ4n) is 2.00.